The summed E-state index contributed by atoms with van der Waals surface area (Å²) in [4.78, 5) is 16.9. The molecule has 7 nitrogen and oxygen atoms in total. The minimum Gasteiger partial charge on any atom is -0.497 e. The summed E-state index contributed by atoms with van der Waals surface area (Å²) in [6.07, 6.45) is 1.64. The third kappa shape index (κ3) is 6.79. The van der Waals surface area contributed by atoms with E-state index in [1.807, 2.05) is 34.1 Å². The van der Waals surface area contributed by atoms with Gasteiger partial charge in [0.2, 0.25) is 15.9 Å². The molecule has 3 rings (SSSR count). The molecule has 0 spiro atoms. The summed E-state index contributed by atoms with van der Waals surface area (Å²) in [7, 11) is -1.64. The summed E-state index contributed by atoms with van der Waals surface area (Å²) >= 11 is 0. The Morgan fingerprint density at radius 3 is 2.21 bits per heavy atom. The van der Waals surface area contributed by atoms with Gasteiger partial charge in [-0.2, -0.15) is 0 Å². The number of amides is 1. The molecular formula is C25H35N3O4S. The fourth-order valence-electron chi connectivity index (χ4n) is 4.10. The molecule has 0 aromatic heterocycles. The number of carbonyl (C=O) groups is 1. The zero-order valence-electron chi connectivity index (χ0n) is 20.2. The molecule has 0 aliphatic carbocycles. The Hall–Kier alpha value is -2.42. The first-order valence-electron chi connectivity index (χ1n) is 11.2. The molecule has 0 saturated carbocycles. The van der Waals surface area contributed by atoms with Crippen LogP contribution in [0.4, 0.5) is 0 Å². The molecule has 1 aliphatic heterocycles. The molecule has 33 heavy (non-hydrogen) atoms. The molecule has 1 saturated heterocycles. The van der Waals surface area contributed by atoms with E-state index in [1.165, 1.54) is 5.56 Å². The van der Waals surface area contributed by atoms with E-state index in [2.05, 4.69) is 49.8 Å². The maximum Gasteiger partial charge on any atom is 0.238 e. The smallest absolute Gasteiger partial charge is 0.238 e. The Bertz CT molecular complexity index is 1040. The van der Waals surface area contributed by atoms with Crippen LogP contribution < -0.4 is 9.46 Å². The van der Waals surface area contributed by atoms with Gasteiger partial charge in [-0.05, 0) is 40.7 Å². The number of nitrogens with zero attached hydrogens (tertiary/aromatic N) is 2. The molecule has 8 heteroatoms. The van der Waals surface area contributed by atoms with Crippen molar-refractivity contribution in [3.8, 4) is 5.75 Å². The number of benzene rings is 2. The lowest BCUT2D eigenvalue weighted by atomic mass is 9.86. The second kappa shape index (κ2) is 10.2. The Morgan fingerprint density at radius 2 is 1.67 bits per heavy atom. The third-order valence-electron chi connectivity index (χ3n) is 5.94. The number of ether oxygens (including phenoxy) is 1. The van der Waals surface area contributed by atoms with Crippen LogP contribution in [0.3, 0.4) is 0 Å². The van der Waals surface area contributed by atoms with Gasteiger partial charge in [-0.25, -0.2) is 13.1 Å². The van der Waals surface area contributed by atoms with Crippen LogP contribution in [-0.2, 0) is 26.7 Å². The minimum atomic E-state index is -3.28. The monoisotopic (exact) mass is 473 g/mol. The third-order valence-corrected chi connectivity index (χ3v) is 6.67. The van der Waals surface area contributed by atoms with Crippen molar-refractivity contribution < 1.29 is 17.9 Å². The van der Waals surface area contributed by atoms with Gasteiger partial charge in [0.1, 0.15) is 11.9 Å². The van der Waals surface area contributed by atoms with Gasteiger partial charge in [0.15, 0.2) is 0 Å². The minimum absolute atomic E-state index is 0.0389. The fourth-order valence-corrected chi connectivity index (χ4v) is 4.56. The Kier molecular flexibility index (Phi) is 7.82. The largest absolute Gasteiger partial charge is 0.497 e. The standard InChI is InChI=1S/C25H35N3O4S/c1-25(2,3)21-10-8-20(9-11-21)24-27(17-15-26-33(5,30)31)18-23(29)28(24)16-14-19-6-12-22(32-4)13-7-19/h6-13,24,26H,14-18H2,1-5H3. The SMILES string of the molecule is COc1ccc(CCN2C(=O)CN(CCNS(C)(=O)=O)C2c2ccc(C(C)(C)C)cc2)cc1. The highest BCUT2D eigenvalue weighted by Gasteiger charge is 2.38. The zero-order chi connectivity index (χ0) is 24.2. The van der Waals surface area contributed by atoms with Crippen molar-refractivity contribution in [1.29, 1.82) is 0 Å². The first-order valence-corrected chi connectivity index (χ1v) is 13.1. The number of methoxy groups -OCH3 is 1. The molecule has 0 radical (unpaired) electrons. The molecule has 1 heterocycles. The molecule has 1 N–H and O–H groups in total. The molecule has 1 unspecified atom stereocenters. The molecule has 2 aromatic rings. The van der Waals surface area contributed by atoms with Crippen molar-refractivity contribution in [3.05, 3.63) is 65.2 Å². The van der Waals surface area contributed by atoms with Crippen molar-refractivity contribution in [3.63, 3.8) is 0 Å². The van der Waals surface area contributed by atoms with Gasteiger partial charge in [-0.1, -0.05) is 57.2 Å². The van der Waals surface area contributed by atoms with Crippen LogP contribution in [0.15, 0.2) is 48.5 Å². The Morgan fingerprint density at radius 1 is 1.03 bits per heavy atom. The van der Waals surface area contributed by atoms with Crippen LogP contribution in [0.1, 0.15) is 43.6 Å². The normalized spacial score (nSPS) is 17.5. The lowest BCUT2D eigenvalue weighted by Gasteiger charge is -2.31. The number of hydrogen-bond acceptors (Lipinski definition) is 5. The molecule has 0 bridgehead atoms. The van der Waals surface area contributed by atoms with E-state index in [0.29, 0.717) is 13.1 Å². The van der Waals surface area contributed by atoms with Gasteiger partial charge < -0.3 is 9.64 Å². The number of carbonyl (C=O) groups excluding carboxylic acids is 1. The lowest BCUT2D eigenvalue weighted by molar-refractivity contribution is -0.128. The quantitative estimate of drug-likeness (QED) is 0.606. The number of rotatable bonds is 9. The van der Waals surface area contributed by atoms with Gasteiger partial charge in [-0.15, -0.1) is 0 Å². The van der Waals surface area contributed by atoms with E-state index in [4.69, 9.17) is 4.74 Å². The molecule has 1 amide bonds. The predicted molar refractivity (Wildman–Crippen MR) is 131 cm³/mol. The second-order valence-corrected chi connectivity index (χ2v) is 11.4. The van der Waals surface area contributed by atoms with Crippen LogP contribution >= 0.6 is 0 Å². The van der Waals surface area contributed by atoms with Crippen LogP contribution in [0, 0.1) is 0 Å². The maximum absolute atomic E-state index is 13.0. The first-order chi connectivity index (χ1) is 15.5. The van der Waals surface area contributed by atoms with E-state index in [-0.39, 0.29) is 30.6 Å². The van der Waals surface area contributed by atoms with Crippen LogP contribution in [-0.4, -0.2) is 63.7 Å². The number of sulfonamides is 1. The maximum atomic E-state index is 13.0. The van der Waals surface area contributed by atoms with Crippen LogP contribution in [0.2, 0.25) is 0 Å². The lowest BCUT2D eigenvalue weighted by Crippen LogP contribution is -2.37. The molecule has 1 aliphatic rings. The van der Waals surface area contributed by atoms with E-state index < -0.39 is 10.0 Å². The summed E-state index contributed by atoms with van der Waals surface area (Å²) in [6, 6.07) is 16.3. The van der Waals surface area contributed by atoms with Crippen molar-refractivity contribution in [2.45, 2.75) is 38.8 Å². The molecule has 1 atom stereocenters. The summed E-state index contributed by atoms with van der Waals surface area (Å²) in [5, 5.41) is 0. The number of nitrogens with one attached hydrogen (secondary N) is 1. The summed E-state index contributed by atoms with van der Waals surface area (Å²) < 4.78 is 30.8. The van der Waals surface area contributed by atoms with E-state index in [1.54, 1.807) is 7.11 Å². The average molecular weight is 474 g/mol. The zero-order valence-corrected chi connectivity index (χ0v) is 21.0. The Balaban J connectivity index is 1.81. The highest BCUT2D eigenvalue weighted by atomic mass is 32.2. The van der Waals surface area contributed by atoms with E-state index in [0.717, 1.165) is 29.6 Å². The van der Waals surface area contributed by atoms with Crippen molar-refractivity contribution in [2.75, 3.05) is 39.5 Å². The fraction of sp³-hybridized carbons (Fsp3) is 0.480. The molecule has 1 fully saturated rings. The predicted octanol–water partition coefficient (Wildman–Crippen LogP) is 2.93. The van der Waals surface area contributed by atoms with E-state index >= 15 is 0 Å². The summed E-state index contributed by atoms with van der Waals surface area (Å²) in [5.74, 6) is 0.852. The van der Waals surface area contributed by atoms with Gasteiger partial charge in [0.25, 0.3) is 0 Å². The topological polar surface area (TPSA) is 79.0 Å². The first kappa shape index (κ1) is 25.2. The molecule has 2 aromatic carbocycles. The van der Waals surface area contributed by atoms with Gasteiger partial charge in [0, 0.05) is 19.6 Å². The van der Waals surface area contributed by atoms with E-state index in [9.17, 15) is 13.2 Å². The van der Waals surface area contributed by atoms with Crippen LogP contribution in [0.25, 0.3) is 0 Å². The van der Waals surface area contributed by atoms with Crippen molar-refractivity contribution in [2.24, 2.45) is 0 Å². The van der Waals surface area contributed by atoms with Crippen LogP contribution in [0.5, 0.6) is 5.75 Å². The number of hydrogen-bond donors (Lipinski definition) is 1. The highest BCUT2D eigenvalue weighted by molar-refractivity contribution is 7.88. The van der Waals surface area contributed by atoms with Crippen molar-refractivity contribution in [1.82, 2.24) is 14.5 Å². The molecule has 180 valence electrons. The average Bonchev–Trinajstić information content (AvgIpc) is 3.06. The summed E-state index contributed by atoms with van der Waals surface area (Å²) in [6.45, 7) is 8.06. The van der Waals surface area contributed by atoms with Crippen molar-refractivity contribution >= 4 is 15.9 Å². The van der Waals surface area contributed by atoms with Gasteiger partial charge >= 0.3 is 0 Å². The van der Waals surface area contributed by atoms with Gasteiger partial charge in [-0.3, -0.25) is 9.69 Å². The highest BCUT2D eigenvalue weighted by Crippen LogP contribution is 2.32. The second-order valence-electron chi connectivity index (χ2n) is 9.57. The Labute approximate surface area is 197 Å². The summed E-state index contributed by atoms with van der Waals surface area (Å²) in [5.41, 5.74) is 3.42. The van der Waals surface area contributed by atoms with Gasteiger partial charge in [0.05, 0.1) is 19.9 Å². The molecular weight excluding hydrogens is 438 g/mol.